The molecule has 0 bridgehead atoms. The van der Waals surface area contributed by atoms with Gasteiger partial charge in [0.05, 0.1) is 5.02 Å². The number of ether oxygens (including phenoxy) is 1. The van der Waals surface area contributed by atoms with E-state index in [4.69, 9.17) is 16.3 Å². The number of rotatable bonds is 3. The van der Waals surface area contributed by atoms with Crippen LogP contribution in [0.25, 0.3) is 0 Å². The molecule has 2 aliphatic rings. The van der Waals surface area contributed by atoms with Crippen LogP contribution in [0.4, 0.5) is 5.82 Å². The van der Waals surface area contributed by atoms with E-state index in [1.54, 1.807) is 12.3 Å². The Morgan fingerprint density at radius 3 is 2.82 bits per heavy atom. The predicted octanol–water partition coefficient (Wildman–Crippen LogP) is 2.91. The Morgan fingerprint density at radius 2 is 2.18 bits per heavy atom. The summed E-state index contributed by atoms with van der Waals surface area (Å²) in [5.74, 6) is 7.38. The molecule has 2 heterocycles. The summed E-state index contributed by atoms with van der Waals surface area (Å²) < 4.78 is 5.34. The van der Waals surface area contributed by atoms with Crippen LogP contribution in [-0.2, 0) is 9.53 Å². The Bertz CT molecular complexity index is 643. The Kier molecular flexibility index (Phi) is 4.62. The van der Waals surface area contributed by atoms with Crippen molar-refractivity contribution >= 4 is 35.2 Å². The van der Waals surface area contributed by atoms with Gasteiger partial charge in [-0.1, -0.05) is 23.4 Å². The van der Waals surface area contributed by atoms with Crippen molar-refractivity contribution in [2.24, 2.45) is 5.92 Å². The van der Waals surface area contributed by atoms with Gasteiger partial charge in [0.2, 0.25) is 5.12 Å². The zero-order chi connectivity index (χ0) is 15.6. The van der Waals surface area contributed by atoms with Crippen LogP contribution in [-0.4, -0.2) is 28.9 Å². The standard InChI is InChI=1S/C16H17ClN2O2S/c17-13-10-18-14(9-12(13)4-3-11-1-2-11)19-16(15(20)22)5-7-21-8-6-16/h9-11H,1-2,5-8H2,(H,18,19)(H,20,22). The fourth-order valence-electron chi connectivity index (χ4n) is 2.37. The van der Waals surface area contributed by atoms with E-state index in [1.807, 2.05) is 0 Å². The molecule has 0 spiro atoms. The van der Waals surface area contributed by atoms with Crippen molar-refractivity contribution in [3.8, 4) is 11.8 Å². The first kappa shape index (κ1) is 15.7. The molecule has 1 N–H and O–H groups in total. The third kappa shape index (κ3) is 3.57. The molecular formula is C16H17ClN2O2S. The van der Waals surface area contributed by atoms with Crippen molar-refractivity contribution in [2.75, 3.05) is 18.5 Å². The zero-order valence-corrected chi connectivity index (χ0v) is 13.7. The molecule has 6 heteroatoms. The molecule has 1 saturated heterocycles. The van der Waals surface area contributed by atoms with E-state index in [2.05, 4.69) is 34.8 Å². The van der Waals surface area contributed by atoms with Crippen molar-refractivity contribution in [2.45, 2.75) is 31.2 Å². The SMILES string of the molecule is O=C(S)C1(Nc2cc(C#CC3CC3)c(Cl)cn2)CCOCC1. The number of aromatic nitrogens is 1. The van der Waals surface area contributed by atoms with Crippen LogP contribution in [0.5, 0.6) is 0 Å². The molecule has 1 aliphatic heterocycles. The number of anilines is 1. The van der Waals surface area contributed by atoms with Gasteiger partial charge in [0.1, 0.15) is 11.4 Å². The lowest BCUT2D eigenvalue weighted by Gasteiger charge is -2.35. The highest BCUT2D eigenvalue weighted by Crippen LogP contribution is 2.30. The Labute approximate surface area is 140 Å². The van der Waals surface area contributed by atoms with Crippen LogP contribution >= 0.6 is 24.2 Å². The summed E-state index contributed by atoms with van der Waals surface area (Å²) in [5, 5.41) is 3.55. The molecule has 0 unspecified atom stereocenters. The van der Waals surface area contributed by atoms with Gasteiger partial charge >= 0.3 is 0 Å². The van der Waals surface area contributed by atoms with Gasteiger partial charge in [-0.05, 0) is 18.9 Å². The van der Waals surface area contributed by atoms with Crippen LogP contribution in [0.3, 0.4) is 0 Å². The van der Waals surface area contributed by atoms with Gasteiger partial charge in [0.15, 0.2) is 0 Å². The second-order valence-corrected chi connectivity index (χ2v) is 6.53. The second kappa shape index (κ2) is 6.49. The number of carbonyl (C=O) groups excluding carboxylic acids is 1. The summed E-state index contributed by atoms with van der Waals surface area (Å²) in [5.41, 5.74) is 0.00325. The van der Waals surface area contributed by atoms with Gasteiger partial charge in [-0.25, -0.2) is 4.98 Å². The highest BCUT2D eigenvalue weighted by molar-refractivity contribution is 7.96. The summed E-state index contributed by atoms with van der Waals surface area (Å²) in [6.07, 6.45) is 5.04. The van der Waals surface area contributed by atoms with E-state index in [0.29, 0.717) is 42.8 Å². The smallest absolute Gasteiger partial charge is 0.211 e. The molecule has 116 valence electrons. The molecule has 0 amide bonds. The van der Waals surface area contributed by atoms with Crippen molar-refractivity contribution in [3.05, 3.63) is 22.8 Å². The van der Waals surface area contributed by atoms with Crippen LogP contribution < -0.4 is 5.32 Å². The van der Waals surface area contributed by atoms with E-state index < -0.39 is 5.54 Å². The minimum Gasteiger partial charge on any atom is -0.381 e. The fraction of sp³-hybridized carbons (Fsp3) is 0.500. The molecule has 0 atom stereocenters. The molecule has 1 aliphatic carbocycles. The number of pyridine rings is 1. The summed E-state index contributed by atoms with van der Waals surface area (Å²) in [7, 11) is 0. The maximum absolute atomic E-state index is 12.0. The summed E-state index contributed by atoms with van der Waals surface area (Å²) in [4.78, 5) is 16.2. The average Bonchev–Trinajstić information content (AvgIpc) is 3.33. The molecule has 4 nitrogen and oxygen atoms in total. The number of halogens is 1. The lowest BCUT2D eigenvalue weighted by molar-refractivity contribution is -0.117. The first-order valence-electron chi connectivity index (χ1n) is 7.35. The predicted molar refractivity (Wildman–Crippen MR) is 89.2 cm³/mol. The number of nitrogens with zero attached hydrogens (tertiary/aromatic N) is 1. The number of carbonyl (C=O) groups is 1. The van der Waals surface area contributed by atoms with Crippen molar-refractivity contribution in [1.82, 2.24) is 4.98 Å². The quantitative estimate of drug-likeness (QED) is 0.658. The van der Waals surface area contributed by atoms with Crippen molar-refractivity contribution in [3.63, 3.8) is 0 Å². The number of thiol groups is 1. The summed E-state index contributed by atoms with van der Waals surface area (Å²) in [6.45, 7) is 1.06. The minimum absolute atomic E-state index is 0.196. The monoisotopic (exact) mass is 336 g/mol. The summed E-state index contributed by atoms with van der Waals surface area (Å²) >= 11 is 10.2. The summed E-state index contributed by atoms with van der Waals surface area (Å²) in [6, 6.07) is 1.80. The third-order valence-corrected chi connectivity index (χ3v) is 4.70. The Balaban J connectivity index is 1.83. The lowest BCUT2D eigenvalue weighted by atomic mass is 9.91. The normalized spacial score (nSPS) is 19.9. The van der Waals surface area contributed by atoms with Gasteiger partial charge in [-0.2, -0.15) is 0 Å². The molecule has 2 fully saturated rings. The van der Waals surface area contributed by atoms with E-state index >= 15 is 0 Å². The maximum Gasteiger partial charge on any atom is 0.211 e. The molecule has 0 radical (unpaired) electrons. The number of hydrogen-bond acceptors (Lipinski definition) is 4. The molecule has 1 aromatic heterocycles. The van der Waals surface area contributed by atoms with E-state index in [-0.39, 0.29) is 5.12 Å². The zero-order valence-electron chi connectivity index (χ0n) is 12.1. The van der Waals surface area contributed by atoms with E-state index in [9.17, 15) is 4.79 Å². The van der Waals surface area contributed by atoms with E-state index in [0.717, 1.165) is 18.4 Å². The highest BCUT2D eigenvalue weighted by Gasteiger charge is 2.38. The first-order valence-corrected chi connectivity index (χ1v) is 8.18. The maximum atomic E-state index is 12.0. The fourth-order valence-corrected chi connectivity index (χ4v) is 2.80. The van der Waals surface area contributed by atoms with Gasteiger partial charge in [-0.3, -0.25) is 4.79 Å². The van der Waals surface area contributed by atoms with Crippen molar-refractivity contribution < 1.29 is 9.53 Å². The minimum atomic E-state index is -0.733. The van der Waals surface area contributed by atoms with Crippen LogP contribution in [0, 0.1) is 17.8 Å². The molecule has 1 aromatic rings. The molecule has 0 aromatic carbocycles. The van der Waals surface area contributed by atoms with Crippen LogP contribution in [0.2, 0.25) is 5.02 Å². The highest BCUT2D eigenvalue weighted by atomic mass is 35.5. The Morgan fingerprint density at radius 1 is 1.45 bits per heavy atom. The van der Waals surface area contributed by atoms with E-state index in [1.165, 1.54) is 0 Å². The molecule has 3 rings (SSSR count). The lowest BCUT2D eigenvalue weighted by Crippen LogP contribution is -2.48. The first-order chi connectivity index (χ1) is 10.6. The molecule has 1 saturated carbocycles. The van der Waals surface area contributed by atoms with Gasteiger partial charge in [-0.15, -0.1) is 12.6 Å². The number of hydrogen-bond donors (Lipinski definition) is 2. The van der Waals surface area contributed by atoms with Crippen molar-refractivity contribution in [1.29, 1.82) is 0 Å². The second-order valence-electron chi connectivity index (χ2n) is 5.72. The van der Waals surface area contributed by atoms with Gasteiger partial charge < -0.3 is 10.1 Å². The van der Waals surface area contributed by atoms with Crippen LogP contribution in [0.15, 0.2) is 12.3 Å². The molecular weight excluding hydrogens is 320 g/mol. The Hall–Kier alpha value is -1.22. The van der Waals surface area contributed by atoms with Crippen LogP contribution in [0.1, 0.15) is 31.2 Å². The average molecular weight is 337 g/mol. The molecule has 22 heavy (non-hydrogen) atoms. The number of nitrogens with one attached hydrogen (secondary N) is 1. The van der Waals surface area contributed by atoms with Gasteiger partial charge in [0.25, 0.3) is 0 Å². The third-order valence-electron chi connectivity index (χ3n) is 3.97. The largest absolute Gasteiger partial charge is 0.381 e. The topological polar surface area (TPSA) is 51.2 Å². The van der Waals surface area contributed by atoms with Gasteiger partial charge in [0, 0.05) is 43.7 Å².